The molecule has 0 saturated carbocycles. The molecule has 296 valence electrons. The highest BCUT2D eigenvalue weighted by Gasteiger charge is 2.16. The third-order valence-electron chi connectivity index (χ3n) is 8.80. The predicted molar refractivity (Wildman–Crippen MR) is 239 cm³/mol. The molecule has 0 atom stereocenters. The monoisotopic (exact) mass is 828 g/mol. The number of hydrogen-bond donors (Lipinski definition) is 0. The average molecular weight is 829 g/mol. The molecular weight excluding hydrogens is 777 g/mol. The lowest BCUT2D eigenvalue weighted by Gasteiger charge is -2.06. The molecular formula is C46H52O6S4. The lowest BCUT2D eigenvalue weighted by molar-refractivity contribution is 0.0541. The van der Waals surface area contributed by atoms with E-state index in [4.69, 9.17) is 28.4 Å². The van der Waals surface area contributed by atoms with Gasteiger partial charge in [0.15, 0.2) is 0 Å². The second kappa shape index (κ2) is 22.4. The van der Waals surface area contributed by atoms with Crippen molar-refractivity contribution in [2.45, 2.75) is 40.5 Å². The van der Waals surface area contributed by atoms with E-state index >= 15 is 0 Å². The molecule has 0 aliphatic heterocycles. The van der Waals surface area contributed by atoms with Crippen LogP contribution >= 0.6 is 45.3 Å². The van der Waals surface area contributed by atoms with Crippen LogP contribution in [-0.4, -0.2) is 66.1 Å². The second-order valence-corrected chi connectivity index (χ2v) is 17.1. The molecule has 6 rings (SSSR count). The number of thiophene rings is 4. The Morgan fingerprint density at radius 1 is 0.393 bits per heavy atom. The summed E-state index contributed by atoms with van der Waals surface area (Å²) in [6, 6.07) is 30.9. The van der Waals surface area contributed by atoms with Gasteiger partial charge in [-0.2, -0.15) is 0 Å². The Labute approximate surface area is 348 Å². The first-order chi connectivity index (χ1) is 27.6. The highest BCUT2D eigenvalue weighted by Crippen LogP contribution is 2.44. The van der Waals surface area contributed by atoms with E-state index in [2.05, 4.69) is 97.1 Å². The van der Waals surface area contributed by atoms with Crippen molar-refractivity contribution >= 4 is 57.5 Å². The van der Waals surface area contributed by atoms with Gasteiger partial charge in [0, 0.05) is 65.1 Å². The molecule has 0 amide bonds. The van der Waals surface area contributed by atoms with Gasteiger partial charge in [-0.3, -0.25) is 0 Å². The summed E-state index contributed by atoms with van der Waals surface area (Å²) in [5.41, 5.74) is 4.75. The zero-order chi connectivity index (χ0) is 39.0. The van der Waals surface area contributed by atoms with Crippen molar-refractivity contribution in [3.63, 3.8) is 0 Å². The molecule has 0 bridgehead atoms. The highest BCUT2D eigenvalue weighted by molar-refractivity contribution is 7.27. The van der Waals surface area contributed by atoms with Crippen LogP contribution in [0.3, 0.4) is 0 Å². The van der Waals surface area contributed by atoms with E-state index in [1.54, 1.807) is 22.7 Å². The van der Waals surface area contributed by atoms with Crippen LogP contribution in [-0.2, 0) is 31.8 Å². The van der Waals surface area contributed by atoms with Crippen LogP contribution in [0.1, 0.15) is 48.6 Å². The van der Waals surface area contributed by atoms with E-state index in [1.165, 1.54) is 55.7 Å². The fourth-order valence-corrected chi connectivity index (χ4v) is 10.3. The third-order valence-corrected chi connectivity index (χ3v) is 13.8. The van der Waals surface area contributed by atoms with Crippen LogP contribution in [0, 0.1) is 0 Å². The summed E-state index contributed by atoms with van der Waals surface area (Å²) < 4.78 is 34.3. The van der Waals surface area contributed by atoms with E-state index in [0.29, 0.717) is 66.1 Å². The van der Waals surface area contributed by atoms with Gasteiger partial charge in [-0.25, -0.2) is 0 Å². The summed E-state index contributed by atoms with van der Waals surface area (Å²) in [5, 5.41) is 0. The van der Waals surface area contributed by atoms with Crippen molar-refractivity contribution in [2.24, 2.45) is 0 Å². The molecule has 6 aromatic rings. The Balaban J connectivity index is 1.04. The minimum atomic E-state index is 0.616. The predicted octanol–water partition coefficient (Wildman–Crippen LogP) is 12.8. The molecule has 0 aliphatic rings. The zero-order valence-corrected chi connectivity index (χ0v) is 36.1. The minimum absolute atomic E-state index is 0.616. The molecule has 0 saturated heterocycles. The summed E-state index contributed by atoms with van der Waals surface area (Å²) in [7, 11) is 0. The Morgan fingerprint density at radius 3 is 1.30 bits per heavy atom. The van der Waals surface area contributed by atoms with Gasteiger partial charge in [-0.05, 0) is 86.3 Å². The first kappa shape index (κ1) is 42.0. The highest BCUT2D eigenvalue weighted by atomic mass is 32.1. The lowest BCUT2D eigenvalue weighted by atomic mass is 10.1. The zero-order valence-electron chi connectivity index (χ0n) is 32.8. The van der Waals surface area contributed by atoms with Crippen LogP contribution in [0.25, 0.3) is 52.5 Å². The molecule has 2 aromatic carbocycles. The van der Waals surface area contributed by atoms with Gasteiger partial charge in [0.2, 0.25) is 0 Å². The maximum atomic E-state index is 6.00. The summed E-state index contributed by atoms with van der Waals surface area (Å²) in [6.45, 7) is 14.6. The second-order valence-electron chi connectivity index (χ2n) is 12.7. The SMILES string of the molecule is CCOCCOCCc1sc(-c2ccc(/C=C/c3ccc(-c4ccc(-c5ccc(-c6cc(OCC)c(CCOCCOCC)s6)s5)s4)cc3)cc2)cc1OCC. The van der Waals surface area contributed by atoms with E-state index in [0.717, 1.165) is 29.9 Å². The third kappa shape index (κ3) is 12.0. The van der Waals surface area contributed by atoms with Crippen molar-refractivity contribution in [3.8, 4) is 51.9 Å². The van der Waals surface area contributed by atoms with Crippen LogP contribution in [0.5, 0.6) is 11.5 Å². The van der Waals surface area contributed by atoms with Gasteiger partial charge < -0.3 is 28.4 Å². The van der Waals surface area contributed by atoms with Crippen molar-refractivity contribution in [1.82, 2.24) is 0 Å². The van der Waals surface area contributed by atoms with Gasteiger partial charge in [-0.15, -0.1) is 45.3 Å². The van der Waals surface area contributed by atoms with Crippen molar-refractivity contribution in [1.29, 1.82) is 0 Å². The van der Waals surface area contributed by atoms with E-state index in [-0.39, 0.29) is 0 Å². The summed E-state index contributed by atoms with van der Waals surface area (Å²) in [6.07, 6.45) is 6.01. The maximum absolute atomic E-state index is 6.00. The largest absolute Gasteiger partial charge is 0.493 e. The maximum Gasteiger partial charge on any atom is 0.133 e. The number of rotatable bonds is 24. The molecule has 0 spiro atoms. The fourth-order valence-electron chi connectivity index (χ4n) is 5.99. The molecule has 0 unspecified atom stereocenters. The Hall–Kier alpha value is -3.58. The molecule has 6 nitrogen and oxygen atoms in total. The quantitative estimate of drug-likeness (QED) is 0.0447. The first-order valence-corrected chi connectivity index (χ1v) is 22.8. The molecule has 4 heterocycles. The molecule has 4 aromatic heterocycles. The van der Waals surface area contributed by atoms with Crippen LogP contribution in [0.4, 0.5) is 0 Å². The molecule has 0 aliphatic carbocycles. The lowest BCUT2D eigenvalue weighted by Crippen LogP contribution is -2.06. The normalized spacial score (nSPS) is 11.6. The number of benzene rings is 2. The van der Waals surface area contributed by atoms with Crippen molar-refractivity contribution in [2.75, 3.05) is 66.1 Å². The minimum Gasteiger partial charge on any atom is -0.493 e. The fraction of sp³-hybridized carbons (Fsp3) is 0.348. The van der Waals surface area contributed by atoms with E-state index < -0.39 is 0 Å². The van der Waals surface area contributed by atoms with E-state index in [9.17, 15) is 0 Å². The smallest absolute Gasteiger partial charge is 0.133 e. The first-order valence-electron chi connectivity index (χ1n) is 19.5. The molecule has 56 heavy (non-hydrogen) atoms. The van der Waals surface area contributed by atoms with Crippen molar-refractivity contribution < 1.29 is 28.4 Å². The molecule has 0 N–H and O–H groups in total. The van der Waals surface area contributed by atoms with E-state index in [1.807, 2.05) is 50.4 Å². The van der Waals surface area contributed by atoms with Crippen molar-refractivity contribution in [3.05, 3.63) is 106 Å². The number of ether oxygens (including phenoxy) is 6. The summed E-state index contributed by atoms with van der Waals surface area (Å²) in [5.74, 6) is 1.93. The topological polar surface area (TPSA) is 55.4 Å². The summed E-state index contributed by atoms with van der Waals surface area (Å²) in [4.78, 5) is 9.99. The van der Waals surface area contributed by atoms with Crippen LogP contribution < -0.4 is 9.47 Å². The molecule has 0 radical (unpaired) electrons. The van der Waals surface area contributed by atoms with Gasteiger partial charge in [0.05, 0.1) is 52.9 Å². The standard InChI is InChI=1S/C46H52O6S4/c1-5-47-27-29-49-25-23-40-37(51-7-3)31-45(54-40)36-17-13-34(14-18-36)10-9-33-11-15-35(16-12-33)39-19-20-42(53-39)43-21-22-44(56-43)46-32-38(52-8-4)41(55-46)24-26-50-30-28-48-6-2/h9-22,31-32H,5-8,23-30H2,1-4H3/b10-9+. The molecule has 10 heteroatoms. The van der Waals surface area contributed by atoms with Gasteiger partial charge in [0.1, 0.15) is 11.5 Å². The Kier molecular flexibility index (Phi) is 16.8. The van der Waals surface area contributed by atoms with Gasteiger partial charge >= 0.3 is 0 Å². The summed E-state index contributed by atoms with van der Waals surface area (Å²) >= 11 is 7.26. The Bertz CT molecular complexity index is 2070. The number of hydrogen-bond acceptors (Lipinski definition) is 10. The Morgan fingerprint density at radius 2 is 0.804 bits per heavy atom. The van der Waals surface area contributed by atoms with Crippen LogP contribution in [0.2, 0.25) is 0 Å². The molecule has 0 fully saturated rings. The van der Waals surface area contributed by atoms with Gasteiger partial charge in [0.25, 0.3) is 0 Å². The van der Waals surface area contributed by atoms with Gasteiger partial charge in [-0.1, -0.05) is 60.7 Å². The van der Waals surface area contributed by atoms with Crippen LogP contribution in [0.15, 0.2) is 84.9 Å². The average Bonchev–Trinajstić information content (AvgIpc) is 4.05.